The number of methoxy groups -OCH3 is 2. The maximum Gasteiger partial charge on any atom is 0.258 e. The zero-order valence-corrected chi connectivity index (χ0v) is 15.8. The number of amides is 1. The van der Waals surface area contributed by atoms with Crippen LogP contribution in [0.5, 0.6) is 11.5 Å². The average Bonchev–Trinajstić information content (AvgIpc) is 3.28. The van der Waals surface area contributed by atoms with Gasteiger partial charge in [0.15, 0.2) is 11.5 Å². The normalized spacial score (nSPS) is 17.0. The Labute approximate surface area is 153 Å². The molecule has 0 radical (unpaired) electrons. The van der Waals surface area contributed by atoms with Gasteiger partial charge in [0.25, 0.3) is 5.91 Å². The highest BCUT2D eigenvalue weighted by molar-refractivity contribution is 5.98. The first kappa shape index (κ1) is 18.3. The van der Waals surface area contributed by atoms with Crippen LogP contribution in [-0.4, -0.2) is 60.8 Å². The van der Waals surface area contributed by atoms with Gasteiger partial charge in [0.1, 0.15) is 0 Å². The molecule has 1 fully saturated rings. The topological polar surface area (TPSA) is 70.7 Å². The molecule has 0 unspecified atom stereocenters. The molecule has 7 nitrogen and oxygen atoms in total. The zero-order chi connectivity index (χ0) is 18.7. The third-order valence-corrected chi connectivity index (χ3v) is 4.63. The Kier molecular flexibility index (Phi) is 5.46. The van der Waals surface area contributed by atoms with Gasteiger partial charge in [-0.3, -0.25) is 9.89 Å². The summed E-state index contributed by atoms with van der Waals surface area (Å²) in [5.74, 6) is 0.975. The Morgan fingerprint density at radius 1 is 1.35 bits per heavy atom. The van der Waals surface area contributed by atoms with Crippen LogP contribution < -0.4 is 9.47 Å². The van der Waals surface area contributed by atoms with Gasteiger partial charge in [0.05, 0.1) is 31.5 Å². The molecule has 1 atom stereocenters. The van der Waals surface area contributed by atoms with Crippen molar-refractivity contribution < 1.29 is 14.3 Å². The summed E-state index contributed by atoms with van der Waals surface area (Å²) < 4.78 is 10.8. The molecule has 0 bridgehead atoms. The third-order valence-electron chi connectivity index (χ3n) is 4.63. The Bertz CT molecular complexity index is 772. The maximum atomic E-state index is 13.2. The number of aromatic amines is 1. The highest BCUT2D eigenvalue weighted by Crippen LogP contribution is 2.36. The highest BCUT2D eigenvalue weighted by Gasteiger charge is 2.34. The minimum absolute atomic E-state index is 0.0226. The van der Waals surface area contributed by atoms with Crippen molar-refractivity contribution in [1.82, 2.24) is 20.0 Å². The van der Waals surface area contributed by atoms with Gasteiger partial charge < -0.3 is 19.3 Å². The van der Waals surface area contributed by atoms with Gasteiger partial charge >= 0.3 is 0 Å². The Morgan fingerprint density at radius 3 is 2.85 bits per heavy atom. The second-order valence-electron chi connectivity index (χ2n) is 6.75. The second-order valence-corrected chi connectivity index (χ2v) is 6.75. The fourth-order valence-corrected chi connectivity index (χ4v) is 3.50. The van der Waals surface area contributed by atoms with E-state index < -0.39 is 0 Å². The summed E-state index contributed by atoms with van der Waals surface area (Å²) in [4.78, 5) is 17.2. The highest BCUT2D eigenvalue weighted by atomic mass is 16.5. The summed E-state index contributed by atoms with van der Waals surface area (Å²) in [5.41, 5.74) is 2.47. The van der Waals surface area contributed by atoms with Crippen molar-refractivity contribution in [3.8, 4) is 11.5 Å². The molecule has 1 aromatic carbocycles. The van der Waals surface area contributed by atoms with Crippen LogP contribution in [0.15, 0.2) is 24.3 Å². The van der Waals surface area contributed by atoms with E-state index in [1.807, 2.05) is 25.1 Å². The van der Waals surface area contributed by atoms with E-state index in [1.54, 1.807) is 26.4 Å². The van der Waals surface area contributed by atoms with Gasteiger partial charge in [0.2, 0.25) is 0 Å². The molecule has 1 saturated heterocycles. The lowest BCUT2D eigenvalue weighted by Crippen LogP contribution is -2.31. The number of hydrogen-bond donors (Lipinski definition) is 1. The van der Waals surface area contributed by atoms with Crippen molar-refractivity contribution in [2.45, 2.75) is 25.4 Å². The molecule has 3 rings (SSSR count). The van der Waals surface area contributed by atoms with Gasteiger partial charge in [0, 0.05) is 18.8 Å². The average molecular weight is 358 g/mol. The van der Waals surface area contributed by atoms with Crippen molar-refractivity contribution in [1.29, 1.82) is 0 Å². The smallest absolute Gasteiger partial charge is 0.258 e. The number of carbonyl (C=O) groups is 1. The maximum absolute atomic E-state index is 13.2. The number of carbonyl (C=O) groups excluding carboxylic acids is 1. The number of aromatic nitrogens is 2. The molecule has 2 aromatic rings. The van der Waals surface area contributed by atoms with Crippen LogP contribution in [0.4, 0.5) is 0 Å². The lowest BCUT2D eigenvalue weighted by Gasteiger charge is -2.24. The lowest BCUT2D eigenvalue weighted by molar-refractivity contribution is 0.0729. The minimum atomic E-state index is -0.0552. The summed E-state index contributed by atoms with van der Waals surface area (Å²) in [6.45, 7) is 1.50. The number of nitrogens with one attached hydrogen (secondary N) is 1. The summed E-state index contributed by atoms with van der Waals surface area (Å²) in [7, 11) is 7.15. The minimum Gasteiger partial charge on any atom is -0.493 e. The molecule has 26 heavy (non-hydrogen) atoms. The van der Waals surface area contributed by atoms with Crippen LogP contribution >= 0.6 is 0 Å². The zero-order valence-electron chi connectivity index (χ0n) is 15.8. The molecule has 7 heteroatoms. The van der Waals surface area contributed by atoms with E-state index >= 15 is 0 Å². The fourth-order valence-electron chi connectivity index (χ4n) is 3.50. The number of ether oxygens (including phenoxy) is 2. The van der Waals surface area contributed by atoms with Crippen LogP contribution in [0, 0.1) is 0 Å². The molecule has 0 spiro atoms. The van der Waals surface area contributed by atoms with Gasteiger partial charge in [-0.1, -0.05) is 6.07 Å². The van der Waals surface area contributed by atoms with E-state index in [2.05, 4.69) is 21.2 Å². The molecule has 0 saturated carbocycles. The van der Waals surface area contributed by atoms with Crippen molar-refractivity contribution in [3.05, 3.63) is 41.2 Å². The monoisotopic (exact) mass is 358 g/mol. The van der Waals surface area contributed by atoms with Crippen LogP contribution in [0.3, 0.4) is 0 Å². The van der Waals surface area contributed by atoms with Crippen molar-refractivity contribution in [2.75, 3.05) is 34.9 Å². The lowest BCUT2D eigenvalue weighted by atomic mass is 10.1. The predicted molar refractivity (Wildman–Crippen MR) is 98.5 cm³/mol. The van der Waals surface area contributed by atoms with Gasteiger partial charge in [-0.15, -0.1) is 0 Å². The van der Waals surface area contributed by atoms with Crippen molar-refractivity contribution in [3.63, 3.8) is 0 Å². The summed E-state index contributed by atoms with van der Waals surface area (Å²) in [6.07, 6.45) is 1.86. The first-order chi connectivity index (χ1) is 12.5. The summed E-state index contributed by atoms with van der Waals surface area (Å²) >= 11 is 0. The molecule has 1 aliphatic rings. The van der Waals surface area contributed by atoms with Crippen LogP contribution in [0.25, 0.3) is 0 Å². The molecule has 1 aromatic heterocycles. The quantitative estimate of drug-likeness (QED) is 0.859. The fraction of sp³-hybridized carbons (Fsp3) is 0.474. The number of likely N-dealkylation sites (tertiary alicyclic amines) is 1. The first-order valence-corrected chi connectivity index (χ1v) is 8.76. The summed E-state index contributed by atoms with van der Waals surface area (Å²) in [6, 6.07) is 7.41. The van der Waals surface area contributed by atoms with Crippen LogP contribution in [0.1, 0.15) is 40.6 Å². The Balaban J connectivity index is 1.86. The van der Waals surface area contributed by atoms with Crippen molar-refractivity contribution >= 4 is 5.91 Å². The van der Waals surface area contributed by atoms with Crippen LogP contribution in [0.2, 0.25) is 0 Å². The number of benzene rings is 1. The molecule has 0 aliphatic carbocycles. The van der Waals surface area contributed by atoms with Crippen LogP contribution in [-0.2, 0) is 6.54 Å². The molecule has 2 heterocycles. The molecule has 140 valence electrons. The first-order valence-electron chi connectivity index (χ1n) is 8.76. The van der Waals surface area contributed by atoms with Gasteiger partial charge in [-0.2, -0.15) is 5.10 Å². The van der Waals surface area contributed by atoms with Crippen molar-refractivity contribution in [2.24, 2.45) is 0 Å². The second kappa shape index (κ2) is 7.78. The van der Waals surface area contributed by atoms with E-state index in [-0.39, 0.29) is 11.9 Å². The molecular weight excluding hydrogens is 332 g/mol. The molecule has 1 aliphatic heterocycles. The van der Waals surface area contributed by atoms with Gasteiger partial charge in [-0.25, -0.2) is 0 Å². The number of rotatable bonds is 6. The SMILES string of the molecule is COc1cccc(C(=O)N2CCC[C@@H]2c2cc(CN(C)C)[nH]n2)c1OC. The number of nitrogens with zero attached hydrogens (tertiary/aromatic N) is 3. The number of para-hydroxylation sites is 1. The van der Waals surface area contributed by atoms with E-state index in [1.165, 1.54) is 0 Å². The number of hydrogen-bond acceptors (Lipinski definition) is 5. The Hall–Kier alpha value is -2.54. The largest absolute Gasteiger partial charge is 0.493 e. The van der Waals surface area contributed by atoms with E-state index in [4.69, 9.17) is 9.47 Å². The van der Waals surface area contributed by atoms with E-state index in [0.717, 1.165) is 30.8 Å². The standard InChI is InChI=1S/C19H26N4O3/c1-22(2)12-13-11-15(21-20-13)16-8-6-10-23(16)19(24)14-7-5-9-17(25-3)18(14)26-4/h5,7,9,11,16H,6,8,10,12H2,1-4H3,(H,20,21)/t16-/m1/s1. The molecular formula is C19H26N4O3. The third kappa shape index (κ3) is 3.53. The predicted octanol–water partition coefficient (Wildman–Crippen LogP) is 2.47. The van der Waals surface area contributed by atoms with Gasteiger partial charge in [-0.05, 0) is 45.1 Å². The molecule has 1 N–H and O–H groups in total. The number of H-pyrrole nitrogens is 1. The summed E-state index contributed by atoms with van der Waals surface area (Å²) in [5, 5.41) is 7.53. The van der Waals surface area contributed by atoms with E-state index in [9.17, 15) is 4.79 Å². The van der Waals surface area contributed by atoms with E-state index in [0.29, 0.717) is 23.6 Å². The molecule has 1 amide bonds. The Morgan fingerprint density at radius 2 is 2.15 bits per heavy atom.